The molecule has 0 radical (unpaired) electrons. The highest BCUT2D eigenvalue weighted by Gasteiger charge is 2.15. The monoisotopic (exact) mass is 208 g/mol. The molecule has 0 saturated carbocycles. The van der Waals surface area contributed by atoms with Crippen LogP contribution in [0.1, 0.15) is 32.1 Å². The quantitative estimate of drug-likeness (QED) is 0.721. The van der Waals surface area contributed by atoms with Gasteiger partial charge in [-0.05, 0) is 19.9 Å². The van der Waals surface area contributed by atoms with Crippen LogP contribution in [0.3, 0.4) is 0 Å². The SMILES string of the molecule is COC(=O)c1cc(C(N)=O)c(C)nc1C. The Morgan fingerprint density at radius 2 is 1.80 bits per heavy atom. The van der Waals surface area contributed by atoms with Crippen LogP contribution in [0.4, 0.5) is 0 Å². The van der Waals surface area contributed by atoms with Gasteiger partial charge in [-0.25, -0.2) is 4.79 Å². The van der Waals surface area contributed by atoms with Crippen molar-refractivity contribution in [3.8, 4) is 0 Å². The molecule has 0 aromatic carbocycles. The molecule has 0 aliphatic heterocycles. The van der Waals surface area contributed by atoms with Crippen molar-refractivity contribution >= 4 is 11.9 Å². The lowest BCUT2D eigenvalue weighted by Gasteiger charge is -2.07. The number of hydrogen-bond donors (Lipinski definition) is 1. The first-order valence-electron chi connectivity index (χ1n) is 4.33. The summed E-state index contributed by atoms with van der Waals surface area (Å²) in [5.74, 6) is -1.13. The number of methoxy groups -OCH3 is 1. The number of amides is 1. The Labute approximate surface area is 87.3 Å². The minimum Gasteiger partial charge on any atom is -0.465 e. The number of aryl methyl sites for hydroxylation is 2. The number of hydrogen-bond acceptors (Lipinski definition) is 4. The maximum Gasteiger partial charge on any atom is 0.339 e. The summed E-state index contributed by atoms with van der Waals surface area (Å²) in [6, 6.07) is 1.41. The molecule has 1 heterocycles. The fraction of sp³-hybridized carbons (Fsp3) is 0.300. The molecule has 0 bridgehead atoms. The van der Waals surface area contributed by atoms with Crippen molar-refractivity contribution in [2.24, 2.45) is 5.73 Å². The second-order valence-corrected chi connectivity index (χ2v) is 3.11. The molecule has 0 aliphatic carbocycles. The molecule has 1 rings (SSSR count). The van der Waals surface area contributed by atoms with Gasteiger partial charge in [0.2, 0.25) is 0 Å². The van der Waals surface area contributed by atoms with Crippen LogP contribution in [0.5, 0.6) is 0 Å². The van der Waals surface area contributed by atoms with Crippen molar-refractivity contribution in [3.05, 3.63) is 28.6 Å². The first-order valence-corrected chi connectivity index (χ1v) is 4.33. The van der Waals surface area contributed by atoms with Crippen LogP contribution in [0.2, 0.25) is 0 Å². The maximum atomic E-state index is 11.3. The lowest BCUT2D eigenvalue weighted by atomic mass is 10.1. The van der Waals surface area contributed by atoms with E-state index in [2.05, 4.69) is 9.72 Å². The summed E-state index contributed by atoms with van der Waals surface area (Å²) in [6.07, 6.45) is 0. The number of esters is 1. The van der Waals surface area contributed by atoms with Crippen LogP contribution >= 0.6 is 0 Å². The number of nitrogens with two attached hydrogens (primary N) is 1. The summed E-state index contributed by atoms with van der Waals surface area (Å²) in [7, 11) is 1.27. The van der Waals surface area contributed by atoms with Crippen LogP contribution < -0.4 is 5.73 Å². The minimum atomic E-state index is -0.606. The predicted octanol–water partition coefficient (Wildman–Crippen LogP) is 0.584. The minimum absolute atomic E-state index is 0.237. The standard InChI is InChI=1S/C10H12N2O3/c1-5-7(9(11)13)4-8(6(2)12-5)10(14)15-3/h4H,1-3H3,(H2,11,13). The third kappa shape index (κ3) is 2.12. The lowest BCUT2D eigenvalue weighted by Crippen LogP contribution is -2.16. The molecule has 80 valence electrons. The molecule has 0 unspecified atom stereocenters. The maximum absolute atomic E-state index is 11.3. The van der Waals surface area contributed by atoms with E-state index in [1.807, 2.05) is 0 Å². The third-order valence-corrected chi connectivity index (χ3v) is 2.07. The highest BCUT2D eigenvalue weighted by atomic mass is 16.5. The number of aromatic nitrogens is 1. The third-order valence-electron chi connectivity index (χ3n) is 2.07. The molecule has 1 aromatic heterocycles. The Hall–Kier alpha value is -1.91. The Morgan fingerprint density at radius 1 is 1.27 bits per heavy atom. The molecule has 5 heteroatoms. The van der Waals surface area contributed by atoms with Crippen LogP contribution in [0.25, 0.3) is 0 Å². The van der Waals surface area contributed by atoms with Crippen LogP contribution in [-0.4, -0.2) is 24.0 Å². The summed E-state index contributed by atoms with van der Waals surface area (Å²) < 4.78 is 4.56. The van der Waals surface area contributed by atoms with Gasteiger partial charge in [-0.15, -0.1) is 0 Å². The molecular formula is C10H12N2O3. The zero-order valence-corrected chi connectivity index (χ0v) is 8.83. The smallest absolute Gasteiger partial charge is 0.339 e. The predicted molar refractivity (Wildman–Crippen MR) is 53.6 cm³/mol. The molecule has 0 atom stereocenters. The van der Waals surface area contributed by atoms with Crippen molar-refractivity contribution < 1.29 is 14.3 Å². The average Bonchev–Trinajstić information content (AvgIpc) is 2.16. The number of primary amides is 1. The second-order valence-electron chi connectivity index (χ2n) is 3.11. The number of pyridine rings is 1. The fourth-order valence-corrected chi connectivity index (χ4v) is 1.29. The molecule has 15 heavy (non-hydrogen) atoms. The van der Waals surface area contributed by atoms with Gasteiger partial charge in [-0.3, -0.25) is 9.78 Å². The molecule has 2 N–H and O–H groups in total. The summed E-state index contributed by atoms with van der Waals surface area (Å²) in [5.41, 5.74) is 6.67. The molecule has 0 fully saturated rings. The molecular weight excluding hydrogens is 196 g/mol. The van der Waals surface area contributed by atoms with E-state index in [-0.39, 0.29) is 11.1 Å². The normalized spacial score (nSPS) is 9.80. The van der Waals surface area contributed by atoms with E-state index >= 15 is 0 Å². The Kier molecular flexibility index (Phi) is 3.04. The van der Waals surface area contributed by atoms with Crippen molar-refractivity contribution in [1.29, 1.82) is 0 Å². The Morgan fingerprint density at radius 3 is 2.27 bits per heavy atom. The van der Waals surface area contributed by atoms with Crippen LogP contribution in [0, 0.1) is 13.8 Å². The number of rotatable bonds is 2. The first-order chi connectivity index (χ1) is 6.97. The first kappa shape index (κ1) is 11.2. The summed E-state index contributed by atoms with van der Waals surface area (Å²) in [6.45, 7) is 3.33. The highest BCUT2D eigenvalue weighted by Crippen LogP contribution is 2.13. The fourth-order valence-electron chi connectivity index (χ4n) is 1.29. The van der Waals surface area contributed by atoms with Gasteiger partial charge in [0.25, 0.3) is 5.91 Å². The van der Waals surface area contributed by atoms with Gasteiger partial charge >= 0.3 is 5.97 Å². The van der Waals surface area contributed by atoms with E-state index in [1.165, 1.54) is 13.2 Å². The number of carbonyl (C=O) groups is 2. The Balaban J connectivity index is 3.36. The second kappa shape index (κ2) is 4.08. The zero-order chi connectivity index (χ0) is 11.6. The van der Waals surface area contributed by atoms with Crippen molar-refractivity contribution in [1.82, 2.24) is 4.98 Å². The van der Waals surface area contributed by atoms with Crippen molar-refractivity contribution in [2.45, 2.75) is 13.8 Å². The van der Waals surface area contributed by atoms with Crippen LogP contribution in [-0.2, 0) is 4.74 Å². The zero-order valence-electron chi connectivity index (χ0n) is 8.83. The summed E-state index contributed by atoms with van der Waals surface area (Å²) in [4.78, 5) is 26.4. The van der Waals surface area contributed by atoms with E-state index in [4.69, 9.17) is 5.73 Å². The van der Waals surface area contributed by atoms with E-state index in [0.717, 1.165) is 0 Å². The van der Waals surface area contributed by atoms with Crippen molar-refractivity contribution in [2.75, 3.05) is 7.11 Å². The van der Waals surface area contributed by atoms with Gasteiger partial charge in [0.05, 0.1) is 29.6 Å². The van der Waals surface area contributed by atoms with Gasteiger partial charge in [0.1, 0.15) is 0 Å². The molecule has 1 aromatic rings. The van der Waals surface area contributed by atoms with Gasteiger partial charge in [-0.2, -0.15) is 0 Å². The van der Waals surface area contributed by atoms with Gasteiger partial charge < -0.3 is 10.5 Å². The van der Waals surface area contributed by atoms with Gasteiger partial charge in [0, 0.05) is 0 Å². The number of ether oxygens (including phenoxy) is 1. The number of nitrogens with zero attached hydrogens (tertiary/aromatic N) is 1. The molecule has 0 aliphatic rings. The molecule has 1 amide bonds. The molecule has 0 spiro atoms. The summed E-state index contributed by atoms with van der Waals surface area (Å²) >= 11 is 0. The topological polar surface area (TPSA) is 82.3 Å². The lowest BCUT2D eigenvalue weighted by molar-refractivity contribution is 0.0599. The van der Waals surface area contributed by atoms with Crippen molar-refractivity contribution in [3.63, 3.8) is 0 Å². The van der Waals surface area contributed by atoms with E-state index in [9.17, 15) is 9.59 Å². The Bertz CT molecular complexity index is 427. The molecule has 5 nitrogen and oxygen atoms in total. The molecule has 0 saturated heterocycles. The van der Waals surface area contributed by atoms with Gasteiger partial charge in [-0.1, -0.05) is 0 Å². The average molecular weight is 208 g/mol. The van der Waals surface area contributed by atoms with E-state index in [0.29, 0.717) is 11.4 Å². The highest BCUT2D eigenvalue weighted by molar-refractivity contribution is 5.98. The van der Waals surface area contributed by atoms with Gasteiger partial charge in [0.15, 0.2) is 0 Å². The number of carbonyl (C=O) groups excluding carboxylic acids is 2. The van der Waals surface area contributed by atoms with E-state index in [1.54, 1.807) is 13.8 Å². The van der Waals surface area contributed by atoms with Crippen LogP contribution in [0.15, 0.2) is 6.07 Å². The van der Waals surface area contributed by atoms with E-state index < -0.39 is 11.9 Å². The summed E-state index contributed by atoms with van der Waals surface area (Å²) in [5, 5.41) is 0. The largest absolute Gasteiger partial charge is 0.465 e.